The molecule has 10 nitrogen and oxygen atoms in total. The number of rotatable bonds is 5. The summed E-state index contributed by atoms with van der Waals surface area (Å²) in [5.41, 5.74) is -1.33. The van der Waals surface area contributed by atoms with E-state index in [1.54, 1.807) is 24.3 Å². The molecule has 0 aliphatic carbocycles. The fourth-order valence-corrected chi connectivity index (χ4v) is 3.64. The van der Waals surface area contributed by atoms with Gasteiger partial charge in [-0.05, 0) is 6.07 Å². The van der Waals surface area contributed by atoms with Crippen molar-refractivity contribution in [1.29, 1.82) is 0 Å². The number of nitro groups is 2. The third-order valence-electron chi connectivity index (χ3n) is 3.80. The molecule has 1 aromatic heterocycles. The van der Waals surface area contributed by atoms with Crippen molar-refractivity contribution in [3.63, 3.8) is 0 Å². The minimum absolute atomic E-state index is 0.136. The number of non-ortho nitro benzene ring substituents is 2. The molecule has 0 saturated heterocycles. The van der Waals surface area contributed by atoms with E-state index in [2.05, 4.69) is 5.32 Å². The van der Waals surface area contributed by atoms with Crippen LogP contribution in [-0.4, -0.2) is 28.8 Å². The first-order valence-corrected chi connectivity index (χ1v) is 8.48. The maximum atomic E-state index is 12.6. The zero-order chi connectivity index (χ0) is 20.4. The summed E-state index contributed by atoms with van der Waals surface area (Å²) in [7, 11) is 1.20. The van der Waals surface area contributed by atoms with Crippen LogP contribution in [0.15, 0.2) is 42.5 Å². The summed E-state index contributed by atoms with van der Waals surface area (Å²) in [6.07, 6.45) is 0. The van der Waals surface area contributed by atoms with Gasteiger partial charge in [0.1, 0.15) is 10.6 Å². The molecular formula is C17H11N3O7S. The van der Waals surface area contributed by atoms with Crippen LogP contribution in [0.4, 0.5) is 16.4 Å². The number of ether oxygens (including phenoxy) is 1. The Morgan fingerprint density at radius 2 is 1.64 bits per heavy atom. The molecule has 0 radical (unpaired) electrons. The van der Waals surface area contributed by atoms with Gasteiger partial charge in [0.25, 0.3) is 17.3 Å². The van der Waals surface area contributed by atoms with E-state index in [1.165, 1.54) is 7.11 Å². The highest BCUT2D eigenvalue weighted by Crippen LogP contribution is 2.36. The van der Waals surface area contributed by atoms with Crippen molar-refractivity contribution in [2.45, 2.75) is 0 Å². The zero-order valence-corrected chi connectivity index (χ0v) is 15.0. The second-order valence-corrected chi connectivity index (χ2v) is 6.55. The number of methoxy groups -OCH3 is 1. The summed E-state index contributed by atoms with van der Waals surface area (Å²) < 4.78 is 5.48. The topological polar surface area (TPSA) is 142 Å². The van der Waals surface area contributed by atoms with Gasteiger partial charge >= 0.3 is 5.97 Å². The molecule has 1 heterocycles. The van der Waals surface area contributed by atoms with Crippen molar-refractivity contribution in [2.24, 2.45) is 0 Å². The fraction of sp³-hybridized carbons (Fsp3) is 0.0588. The Hall–Kier alpha value is -3.86. The first kappa shape index (κ1) is 18.9. The van der Waals surface area contributed by atoms with Crippen LogP contribution in [0.1, 0.15) is 20.7 Å². The average molecular weight is 401 g/mol. The van der Waals surface area contributed by atoms with E-state index in [4.69, 9.17) is 4.74 Å². The standard InChI is InChI=1S/C17H11N3O7S/c1-27-17(22)14-12-4-2-3-5-13(12)28-16(14)18-15(21)9-6-10(19(23)24)8-11(7-9)20(25)26/h2-8H,1H3,(H,18,21). The number of amides is 1. The van der Waals surface area contributed by atoms with Gasteiger partial charge in [-0.15, -0.1) is 11.3 Å². The number of hydrogen-bond acceptors (Lipinski definition) is 8. The molecule has 1 amide bonds. The molecule has 0 saturated carbocycles. The maximum Gasteiger partial charge on any atom is 0.341 e. The SMILES string of the molecule is COC(=O)c1c(NC(=O)c2cc([N+](=O)[O-])cc([N+](=O)[O-])c2)sc2ccccc12. The Morgan fingerprint density at radius 3 is 2.21 bits per heavy atom. The Kier molecular flexibility index (Phi) is 5.00. The summed E-state index contributed by atoms with van der Waals surface area (Å²) in [6, 6.07) is 9.52. The first-order valence-electron chi connectivity index (χ1n) is 7.67. The number of benzene rings is 2. The normalized spacial score (nSPS) is 10.5. The van der Waals surface area contributed by atoms with Crippen molar-refractivity contribution in [2.75, 3.05) is 12.4 Å². The maximum absolute atomic E-state index is 12.6. The van der Waals surface area contributed by atoms with E-state index in [9.17, 15) is 29.8 Å². The largest absolute Gasteiger partial charge is 0.465 e. The zero-order valence-electron chi connectivity index (χ0n) is 14.2. The number of fused-ring (bicyclic) bond motifs is 1. The van der Waals surface area contributed by atoms with E-state index < -0.39 is 33.1 Å². The first-order chi connectivity index (χ1) is 13.3. The van der Waals surface area contributed by atoms with Gasteiger partial charge in [0, 0.05) is 22.2 Å². The summed E-state index contributed by atoms with van der Waals surface area (Å²) in [5.74, 6) is -1.50. The Bertz CT molecular complexity index is 1110. The molecule has 28 heavy (non-hydrogen) atoms. The number of carbonyl (C=O) groups excluding carboxylic acids is 2. The van der Waals surface area contributed by atoms with Crippen molar-refractivity contribution < 1.29 is 24.2 Å². The summed E-state index contributed by atoms with van der Waals surface area (Å²) in [6.45, 7) is 0. The highest BCUT2D eigenvalue weighted by molar-refractivity contribution is 7.23. The van der Waals surface area contributed by atoms with Gasteiger partial charge in [-0.25, -0.2) is 4.79 Å². The number of nitro benzene ring substituents is 2. The third-order valence-corrected chi connectivity index (χ3v) is 4.88. The molecule has 3 rings (SSSR count). The molecule has 0 fully saturated rings. The minimum Gasteiger partial charge on any atom is -0.465 e. The number of carbonyl (C=O) groups is 2. The van der Waals surface area contributed by atoms with Gasteiger partial charge in [0.05, 0.1) is 28.6 Å². The van der Waals surface area contributed by atoms with Crippen LogP contribution in [0.2, 0.25) is 0 Å². The minimum atomic E-state index is -0.830. The molecular weight excluding hydrogens is 390 g/mol. The van der Waals surface area contributed by atoms with Crippen LogP contribution in [0, 0.1) is 20.2 Å². The van der Waals surface area contributed by atoms with Gasteiger partial charge in [0.15, 0.2) is 0 Å². The number of thiophene rings is 1. The second kappa shape index (κ2) is 7.40. The number of nitrogens with zero attached hydrogens (tertiary/aromatic N) is 2. The van der Waals surface area contributed by atoms with E-state index in [0.29, 0.717) is 10.1 Å². The molecule has 0 aliphatic rings. The van der Waals surface area contributed by atoms with E-state index in [0.717, 1.165) is 29.5 Å². The Balaban J connectivity index is 2.05. The van der Waals surface area contributed by atoms with Crippen LogP contribution in [0.3, 0.4) is 0 Å². The van der Waals surface area contributed by atoms with E-state index in [-0.39, 0.29) is 16.1 Å². The van der Waals surface area contributed by atoms with Crippen LogP contribution >= 0.6 is 11.3 Å². The van der Waals surface area contributed by atoms with Crippen molar-refractivity contribution in [3.8, 4) is 0 Å². The number of esters is 1. The number of anilines is 1. The summed E-state index contributed by atoms with van der Waals surface area (Å²) in [5, 5.41) is 25.2. The van der Waals surface area contributed by atoms with Gasteiger partial charge in [-0.2, -0.15) is 0 Å². The van der Waals surface area contributed by atoms with Gasteiger partial charge < -0.3 is 10.1 Å². The molecule has 0 unspecified atom stereocenters. The molecule has 11 heteroatoms. The fourth-order valence-electron chi connectivity index (χ4n) is 2.55. The lowest BCUT2D eigenvalue weighted by Crippen LogP contribution is -2.14. The number of nitrogens with one attached hydrogen (secondary N) is 1. The highest BCUT2D eigenvalue weighted by Gasteiger charge is 2.24. The monoisotopic (exact) mass is 401 g/mol. The lowest BCUT2D eigenvalue weighted by atomic mass is 10.1. The van der Waals surface area contributed by atoms with Crippen molar-refractivity contribution in [1.82, 2.24) is 0 Å². The summed E-state index contributed by atoms with van der Waals surface area (Å²) in [4.78, 5) is 45.1. The lowest BCUT2D eigenvalue weighted by molar-refractivity contribution is -0.394. The molecule has 2 aromatic carbocycles. The lowest BCUT2D eigenvalue weighted by Gasteiger charge is -2.06. The highest BCUT2D eigenvalue weighted by atomic mass is 32.1. The second-order valence-electron chi connectivity index (χ2n) is 5.50. The third kappa shape index (κ3) is 3.50. The van der Waals surface area contributed by atoms with Crippen molar-refractivity contribution in [3.05, 3.63) is 73.8 Å². The molecule has 1 N–H and O–H groups in total. The smallest absolute Gasteiger partial charge is 0.341 e. The molecule has 3 aromatic rings. The van der Waals surface area contributed by atoms with Crippen molar-refractivity contribution >= 4 is 49.7 Å². The molecule has 0 atom stereocenters. The molecule has 0 spiro atoms. The van der Waals surface area contributed by atoms with Gasteiger partial charge in [0.2, 0.25) is 0 Å². The van der Waals surface area contributed by atoms with Gasteiger partial charge in [-0.1, -0.05) is 18.2 Å². The molecule has 142 valence electrons. The summed E-state index contributed by atoms with van der Waals surface area (Å²) >= 11 is 1.11. The number of hydrogen-bond donors (Lipinski definition) is 1. The van der Waals surface area contributed by atoms with Crippen LogP contribution in [0.5, 0.6) is 0 Å². The van der Waals surface area contributed by atoms with Crippen LogP contribution in [-0.2, 0) is 4.74 Å². The molecule has 0 bridgehead atoms. The average Bonchev–Trinajstić information content (AvgIpc) is 3.04. The van der Waals surface area contributed by atoms with Gasteiger partial charge in [-0.3, -0.25) is 25.0 Å². The van der Waals surface area contributed by atoms with E-state index >= 15 is 0 Å². The molecule has 0 aliphatic heterocycles. The Labute approximate surface area is 160 Å². The predicted molar refractivity (Wildman–Crippen MR) is 101 cm³/mol. The Morgan fingerprint density at radius 1 is 1.04 bits per heavy atom. The van der Waals surface area contributed by atoms with E-state index in [1.807, 2.05) is 0 Å². The van der Waals surface area contributed by atoms with Crippen LogP contribution < -0.4 is 5.32 Å². The predicted octanol–water partition coefficient (Wildman–Crippen LogP) is 3.76. The van der Waals surface area contributed by atoms with Crippen LogP contribution in [0.25, 0.3) is 10.1 Å². The quantitative estimate of drug-likeness (QED) is 0.390.